The van der Waals surface area contributed by atoms with E-state index >= 15 is 0 Å². The summed E-state index contributed by atoms with van der Waals surface area (Å²) in [7, 11) is 3.58. The second-order valence-corrected chi connectivity index (χ2v) is 14.8. The Morgan fingerprint density at radius 2 is 1.53 bits per heavy atom. The first-order chi connectivity index (χ1) is 24.2. The van der Waals surface area contributed by atoms with Crippen molar-refractivity contribution in [3.05, 3.63) is 69.8 Å². The molecule has 1 amide bonds. The molecule has 0 aromatic carbocycles. The van der Waals surface area contributed by atoms with Crippen LogP contribution in [0.15, 0.2) is 30.3 Å². The summed E-state index contributed by atoms with van der Waals surface area (Å²) >= 11 is 0. The largest absolute Gasteiger partial charge is 0.481 e. The Hall–Kier alpha value is -4.73. The fourth-order valence-electron chi connectivity index (χ4n) is 7.62. The maximum absolute atomic E-state index is 13.5. The van der Waals surface area contributed by atoms with Crippen LogP contribution in [0.25, 0.3) is 33.2 Å². The molecule has 0 saturated heterocycles. The lowest BCUT2D eigenvalue weighted by molar-refractivity contribution is -0.137. The molecule has 4 N–H and O–H groups in total. The lowest BCUT2D eigenvalue weighted by Crippen LogP contribution is -2.34. The highest BCUT2D eigenvalue weighted by Crippen LogP contribution is 2.48. The van der Waals surface area contributed by atoms with Crippen LogP contribution in [0.2, 0.25) is 0 Å². The van der Waals surface area contributed by atoms with Gasteiger partial charge in [-0.3, -0.25) is 19.4 Å². The molecule has 10 nitrogen and oxygen atoms in total. The topological polar surface area (TPSA) is 152 Å². The number of carboxylic acids is 2. The third-order valence-corrected chi connectivity index (χ3v) is 10.8. The standard InChI is InChI=1S/C41H53N5O5/c1-8-9-10-11-12-13-30-36-20-31-24(2)18-27(42-31)19-32-25(3)28(14-16-39(48)49)34(43-32)21-35-29(15-17-40(50)51)26(4)33(44-35)22-37(45-36)41(30,5)23-38(47)46(6)7/h18-22,30,42,44H,8-17,23H2,1-7H3,(H,48,49)(H,50,51)/t30?,41-/m0/s1. The van der Waals surface area contributed by atoms with Gasteiger partial charge in [-0.25, -0.2) is 4.98 Å². The van der Waals surface area contributed by atoms with E-state index in [0.29, 0.717) is 25.0 Å². The number of amides is 1. The van der Waals surface area contributed by atoms with Crippen LogP contribution in [-0.2, 0) is 26.2 Å². The number of rotatable bonds is 14. The van der Waals surface area contributed by atoms with Crippen LogP contribution in [0, 0.1) is 13.8 Å². The molecule has 10 heteroatoms. The Balaban J connectivity index is 1.84. The zero-order valence-corrected chi connectivity index (χ0v) is 31.2. The van der Waals surface area contributed by atoms with Crippen molar-refractivity contribution in [1.82, 2.24) is 24.8 Å². The minimum atomic E-state index is -0.890. The maximum atomic E-state index is 13.5. The van der Waals surface area contributed by atoms with E-state index in [-0.39, 0.29) is 24.7 Å². The first kappa shape index (κ1) is 37.5. The Bertz CT molecular complexity index is 2020. The highest BCUT2D eigenvalue weighted by Gasteiger charge is 2.44. The van der Waals surface area contributed by atoms with E-state index < -0.39 is 17.4 Å². The number of nitrogens with one attached hydrogen (secondary N) is 2. The van der Waals surface area contributed by atoms with Gasteiger partial charge < -0.3 is 25.1 Å². The van der Waals surface area contributed by atoms with Crippen molar-refractivity contribution in [2.45, 2.75) is 117 Å². The number of allylic oxidation sites excluding steroid dienone is 2. The Kier molecular flexibility index (Phi) is 11.5. The lowest BCUT2D eigenvalue weighted by atomic mass is 9.70. The fourth-order valence-corrected chi connectivity index (χ4v) is 7.62. The van der Waals surface area contributed by atoms with Crippen molar-refractivity contribution >= 4 is 51.1 Å². The quantitative estimate of drug-likeness (QED) is 0.123. The van der Waals surface area contributed by atoms with Crippen LogP contribution in [0.3, 0.4) is 0 Å². The van der Waals surface area contributed by atoms with Crippen LogP contribution in [0.1, 0.15) is 130 Å². The van der Waals surface area contributed by atoms with E-state index in [1.807, 2.05) is 26.0 Å². The molecule has 1 unspecified atom stereocenters. The SMILES string of the molecule is CCCCCCCC1c2cc3[nH]c(cc4nc(cc5[nH]c(cc(n2)[C@@]1(C)CC(=O)N(C)C)c(C)c5CCC(=O)O)C(CCC(=O)O)=C4C)cc3C. The van der Waals surface area contributed by atoms with Crippen molar-refractivity contribution in [2.24, 2.45) is 0 Å². The number of hydrogen-bond donors (Lipinski definition) is 4. The third-order valence-electron chi connectivity index (χ3n) is 10.8. The molecular formula is C41H53N5O5. The first-order valence-corrected chi connectivity index (χ1v) is 18.3. The molecule has 3 aromatic rings. The van der Waals surface area contributed by atoms with Gasteiger partial charge >= 0.3 is 11.9 Å². The number of H-pyrrole nitrogens is 2. The van der Waals surface area contributed by atoms with E-state index in [2.05, 4.69) is 48.9 Å². The zero-order valence-electron chi connectivity index (χ0n) is 31.2. The number of aliphatic carboxylic acids is 2. The summed E-state index contributed by atoms with van der Waals surface area (Å²) in [4.78, 5) is 56.1. The average Bonchev–Trinajstić information content (AvgIpc) is 3.72. The van der Waals surface area contributed by atoms with Gasteiger partial charge in [0.1, 0.15) is 0 Å². The number of aromatic nitrogens is 4. The van der Waals surface area contributed by atoms with Crippen molar-refractivity contribution in [2.75, 3.05) is 14.1 Å². The summed E-state index contributed by atoms with van der Waals surface area (Å²) in [5, 5.41) is 19.2. The average molecular weight is 696 g/mol. The summed E-state index contributed by atoms with van der Waals surface area (Å²) in [6.07, 6.45) is 7.45. The summed E-state index contributed by atoms with van der Waals surface area (Å²) in [6, 6.07) is 10.2. The summed E-state index contributed by atoms with van der Waals surface area (Å²) in [5.74, 6) is -1.73. The fraction of sp³-hybridized carbons (Fsp3) is 0.488. The molecule has 0 saturated carbocycles. The minimum Gasteiger partial charge on any atom is -0.481 e. The number of nitrogens with zero attached hydrogens (tertiary/aromatic N) is 3. The number of unbranched alkanes of at least 4 members (excludes halogenated alkanes) is 4. The Morgan fingerprint density at radius 1 is 0.824 bits per heavy atom. The number of aromatic amines is 2. The van der Waals surface area contributed by atoms with Crippen molar-refractivity contribution in [3.8, 4) is 0 Å². The molecule has 0 fully saturated rings. The van der Waals surface area contributed by atoms with Gasteiger partial charge in [-0.1, -0.05) is 46.0 Å². The van der Waals surface area contributed by atoms with Crippen LogP contribution in [-0.4, -0.2) is 67.0 Å². The lowest BCUT2D eigenvalue weighted by Gasteiger charge is -2.32. The number of aryl methyl sites for hydroxylation is 3. The molecule has 0 aliphatic carbocycles. The molecule has 51 heavy (non-hydrogen) atoms. The maximum Gasteiger partial charge on any atom is 0.303 e. The molecule has 5 heterocycles. The second kappa shape index (κ2) is 15.7. The third kappa shape index (κ3) is 8.26. The van der Waals surface area contributed by atoms with Crippen molar-refractivity contribution in [3.63, 3.8) is 0 Å². The number of carbonyl (C=O) groups excluding carboxylic acids is 1. The van der Waals surface area contributed by atoms with Gasteiger partial charge in [0.05, 0.1) is 11.4 Å². The molecule has 2 atom stereocenters. The van der Waals surface area contributed by atoms with Gasteiger partial charge in [-0.15, -0.1) is 0 Å². The van der Waals surface area contributed by atoms with Gasteiger partial charge in [0.15, 0.2) is 0 Å². The molecule has 0 spiro atoms. The van der Waals surface area contributed by atoms with Crippen molar-refractivity contribution < 1.29 is 24.6 Å². The number of hydrogen-bond acceptors (Lipinski definition) is 5. The van der Waals surface area contributed by atoms with Crippen LogP contribution < -0.4 is 0 Å². The highest BCUT2D eigenvalue weighted by atomic mass is 16.4. The molecule has 3 aromatic heterocycles. The van der Waals surface area contributed by atoms with E-state index in [4.69, 9.17) is 9.97 Å². The normalized spacial score (nSPS) is 17.2. The first-order valence-electron chi connectivity index (χ1n) is 18.3. The van der Waals surface area contributed by atoms with Gasteiger partial charge in [0.2, 0.25) is 5.91 Å². The summed E-state index contributed by atoms with van der Waals surface area (Å²) in [6.45, 7) is 10.4. The van der Waals surface area contributed by atoms with Gasteiger partial charge in [0, 0.05) is 78.1 Å². The van der Waals surface area contributed by atoms with E-state index in [1.54, 1.807) is 19.0 Å². The predicted octanol–water partition coefficient (Wildman–Crippen LogP) is 8.62. The molecular weight excluding hydrogens is 642 g/mol. The molecule has 2 aliphatic rings. The van der Waals surface area contributed by atoms with Gasteiger partial charge in [-0.05, 0) is 98.2 Å². The minimum absolute atomic E-state index is 0.00536. The predicted molar refractivity (Wildman–Crippen MR) is 203 cm³/mol. The molecule has 0 radical (unpaired) electrons. The van der Waals surface area contributed by atoms with E-state index in [1.165, 1.54) is 19.3 Å². The van der Waals surface area contributed by atoms with Crippen LogP contribution in [0.4, 0.5) is 0 Å². The van der Waals surface area contributed by atoms with Gasteiger partial charge in [-0.2, -0.15) is 0 Å². The summed E-state index contributed by atoms with van der Waals surface area (Å²) in [5.41, 5.74) is 10.5. The molecule has 2 aliphatic heterocycles. The van der Waals surface area contributed by atoms with E-state index in [0.717, 1.165) is 86.2 Å². The number of fused-ring (bicyclic) bond motifs is 8. The van der Waals surface area contributed by atoms with Crippen LogP contribution in [0.5, 0.6) is 0 Å². The number of carbonyl (C=O) groups is 3. The van der Waals surface area contributed by atoms with Crippen molar-refractivity contribution in [1.29, 1.82) is 0 Å². The Morgan fingerprint density at radius 3 is 2.22 bits per heavy atom. The zero-order chi connectivity index (χ0) is 37.0. The Labute approximate surface area is 300 Å². The van der Waals surface area contributed by atoms with Gasteiger partial charge in [0.25, 0.3) is 0 Å². The summed E-state index contributed by atoms with van der Waals surface area (Å²) < 4.78 is 0. The molecule has 8 bridgehead atoms. The smallest absolute Gasteiger partial charge is 0.303 e. The second-order valence-electron chi connectivity index (χ2n) is 14.8. The van der Waals surface area contributed by atoms with E-state index in [9.17, 15) is 24.6 Å². The van der Waals surface area contributed by atoms with Crippen LogP contribution >= 0.6 is 0 Å². The highest BCUT2D eigenvalue weighted by molar-refractivity contribution is 5.93. The monoisotopic (exact) mass is 695 g/mol. The molecule has 272 valence electrons. The number of carboxylic acid groups (broad SMARTS) is 2. The molecule has 5 rings (SSSR count).